The third-order valence-electron chi connectivity index (χ3n) is 10.3. The van der Waals surface area contributed by atoms with Crippen LogP contribution in [-0.4, -0.2) is 98.3 Å². The fourth-order valence-electron chi connectivity index (χ4n) is 6.58. The molecule has 1 rings (SSSR count). The molecule has 63 heavy (non-hydrogen) atoms. The number of esters is 2. The van der Waals surface area contributed by atoms with Crippen LogP contribution < -0.4 is 0 Å². The summed E-state index contributed by atoms with van der Waals surface area (Å²) in [5, 5.41) is 50.1. The number of aliphatic hydroxyl groups excluding tert-OH is 5. The van der Waals surface area contributed by atoms with E-state index in [1.807, 2.05) is 6.08 Å². The first-order valence-corrected chi connectivity index (χ1v) is 24.9. The molecule has 6 N–H and O–H groups in total. The predicted molar refractivity (Wildman–Crippen MR) is 248 cm³/mol. The Bertz CT molecular complexity index is 1420. The van der Waals surface area contributed by atoms with Gasteiger partial charge in [0, 0.05) is 12.5 Å². The third-order valence-corrected chi connectivity index (χ3v) is 11.3. The monoisotopic (exact) mass is 909 g/mol. The number of phosphoric acid groups is 1. The van der Waals surface area contributed by atoms with Gasteiger partial charge in [0.15, 0.2) is 6.10 Å². The van der Waals surface area contributed by atoms with E-state index in [4.69, 9.17) is 18.5 Å². The summed E-state index contributed by atoms with van der Waals surface area (Å²) >= 11 is 0. The van der Waals surface area contributed by atoms with Crippen LogP contribution in [0.1, 0.15) is 155 Å². The average Bonchev–Trinajstić information content (AvgIpc) is 3.26. The molecule has 360 valence electrons. The molecular weight excluding hydrogens is 828 g/mol. The summed E-state index contributed by atoms with van der Waals surface area (Å²) in [5.74, 6) is -1.40. The van der Waals surface area contributed by atoms with E-state index in [1.165, 1.54) is 69.9 Å². The van der Waals surface area contributed by atoms with Crippen molar-refractivity contribution >= 4 is 19.8 Å². The largest absolute Gasteiger partial charge is 0.472 e. The van der Waals surface area contributed by atoms with Crippen molar-refractivity contribution in [2.24, 2.45) is 0 Å². The highest BCUT2D eigenvalue weighted by atomic mass is 31.2. The van der Waals surface area contributed by atoms with Crippen molar-refractivity contribution in [2.45, 2.75) is 198 Å². The minimum absolute atomic E-state index is 0.0335. The Morgan fingerprint density at radius 1 is 0.556 bits per heavy atom. The van der Waals surface area contributed by atoms with Crippen molar-refractivity contribution in [2.75, 3.05) is 13.2 Å². The van der Waals surface area contributed by atoms with E-state index >= 15 is 0 Å². The van der Waals surface area contributed by atoms with Crippen LogP contribution in [0.15, 0.2) is 85.1 Å². The van der Waals surface area contributed by atoms with Gasteiger partial charge in [-0.25, -0.2) is 9.36 Å². The van der Waals surface area contributed by atoms with Gasteiger partial charge in [0.25, 0.3) is 0 Å². The summed E-state index contributed by atoms with van der Waals surface area (Å²) in [6, 6.07) is 0. The number of phosphoric ester groups is 1. The maximum atomic E-state index is 12.8. The number of aliphatic hydroxyl groups is 5. The molecule has 0 aliphatic heterocycles. The number of hydrogen-bond donors (Lipinski definition) is 6. The molecule has 1 saturated carbocycles. The molecular formula is C49H81O13P. The molecule has 8 atom stereocenters. The van der Waals surface area contributed by atoms with Crippen LogP contribution >= 0.6 is 7.82 Å². The Balaban J connectivity index is 2.54. The van der Waals surface area contributed by atoms with Crippen molar-refractivity contribution in [1.82, 2.24) is 0 Å². The number of hydrogen-bond acceptors (Lipinski definition) is 12. The Hall–Kier alpha value is -2.97. The van der Waals surface area contributed by atoms with Gasteiger partial charge in [-0.15, -0.1) is 0 Å². The Morgan fingerprint density at radius 3 is 1.56 bits per heavy atom. The van der Waals surface area contributed by atoms with Gasteiger partial charge in [0.2, 0.25) is 0 Å². The molecule has 0 aromatic heterocycles. The van der Waals surface area contributed by atoms with E-state index in [0.29, 0.717) is 6.42 Å². The van der Waals surface area contributed by atoms with Crippen molar-refractivity contribution in [3.05, 3.63) is 85.1 Å². The summed E-state index contributed by atoms with van der Waals surface area (Å²) < 4.78 is 33.3. The Kier molecular flexibility index (Phi) is 35.3. The van der Waals surface area contributed by atoms with Crippen molar-refractivity contribution in [3.8, 4) is 0 Å². The van der Waals surface area contributed by atoms with Crippen LogP contribution in [0.25, 0.3) is 0 Å². The van der Waals surface area contributed by atoms with Gasteiger partial charge in [-0.3, -0.25) is 13.8 Å². The molecule has 0 radical (unpaired) electrons. The van der Waals surface area contributed by atoms with E-state index in [1.54, 1.807) is 6.08 Å². The molecule has 14 heteroatoms. The zero-order chi connectivity index (χ0) is 46.4. The summed E-state index contributed by atoms with van der Waals surface area (Å²) in [5.41, 5.74) is 0. The summed E-state index contributed by atoms with van der Waals surface area (Å²) in [6.07, 6.45) is 37.0. The zero-order valence-electron chi connectivity index (χ0n) is 38.1. The molecule has 1 fully saturated rings. The van der Waals surface area contributed by atoms with E-state index in [0.717, 1.165) is 70.6 Å². The molecule has 1 aliphatic carbocycles. The first-order chi connectivity index (χ1) is 30.4. The highest BCUT2D eigenvalue weighted by molar-refractivity contribution is 7.47. The number of ether oxygens (including phenoxy) is 2. The van der Waals surface area contributed by atoms with Gasteiger partial charge < -0.3 is 39.9 Å². The quantitative estimate of drug-likeness (QED) is 0.00859. The van der Waals surface area contributed by atoms with Crippen LogP contribution in [0.3, 0.4) is 0 Å². The topological polar surface area (TPSA) is 210 Å². The summed E-state index contributed by atoms with van der Waals surface area (Å²) in [7, 11) is -5.15. The molecule has 0 aromatic carbocycles. The van der Waals surface area contributed by atoms with Crippen LogP contribution in [0, 0.1) is 0 Å². The lowest BCUT2D eigenvalue weighted by atomic mass is 9.85. The minimum Gasteiger partial charge on any atom is -0.458 e. The number of carbonyl (C=O) groups is 2. The fourth-order valence-corrected chi connectivity index (χ4v) is 7.55. The highest BCUT2D eigenvalue weighted by Gasteiger charge is 2.51. The minimum atomic E-state index is -5.15. The summed E-state index contributed by atoms with van der Waals surface area (Å²) in [6.45, 7) is 3.04. The third kappa shape index (κ3) is 30.7. The van der Waals surface area contributed by atoms with Gasteiger partial charge in [-0.1, -0.05) is 163 Å². The van der Waals surface area contributed by atoms with Crippen LogP contribution in [0.2, 0.25) is 0 Å². The van der Waals surface area contributed by atoms with E-state index in [-0.39, 0.29) is 6.42 Å². The lowest BCUT2D eigenvalue weighted by Gasteiger charge is -2.41. The van der Waals surface area contributed by atoms with E-state index < -0.39 is 75.7 Å². The fraction of sp³-hybridized carbons (Fsp3) is 0.673. The van der Waals surface area contributed by atoms with E-state index in [2.05, 4.69) is 74.6 Å². The highest BCUT2D eigenvalue weighted by Crippen LogP contribution is 2.47. The Morgan fingerprint density at radius 2 is 1.02 bits per heavy atom. The second kappa shape index (κ2) is 38.3. The zero-order valence-corrected chi connectivity index (χ0v) is 39.0. The number of allylic oxidation sites excluding steroid dienone is 13. The van der Waals surface area contributed by atoms with Crippen LogP contribution in [0.4, 0.5) is 0 Å². The SMILES string of the molecule is CC/C=C/C/C=C/C/C=C/C/C=C/C/C=C/CCCCCC(=O)O[C@H](COC(=O)/C=C/C=C/CCCCCCCCCCCCC)COP(=O)(O)OC1C(O)C(O)C(O)[C@@H](O)C1O. The van der Waals surface area contributed by atoms with Crippen molar-refractivity contribution in [1.29, 1.82) is 0 Å². The van der Waals surface area contributed by atoms with Gasteiger partial charge in [0.1, 0.15) is 43.2 Å². The molecule has 13 nitrogen and oxygen atoms in total. The molecule has 6 unspecified atom stereocenters. The Labute approximate surface area is 378 Å². The lowest BCUT2D eigenvalue weighted by molar-refractivity contribution is -0.220. The summed E-state index contributed by atoms with van der Waals surface area (Å²) in [4.78, 5) is 35.6. The molecule has 0 saturated heterocycles. The standard InChI is InChI=1S/C49H81O13P/c1-3-5-7-9-11-13-15-17-19-20-21-22-24-26-28-30-32-34-36-38-43(51)61-41(40-60-63(57,58)62-49-47(55)45(53)44(52)46(54)48(49)56)39-59-42(50)37-35-33-31-29-27-25-23-18-16-14-12-10-8-6-4-2/h5,7,11,13,17,19,21-22,26,28,31,33,35,37,41,44-49,52-56H,3-4,6,8-10,12,14-16,18,20,23-25,27,29-30,32,34,36,38-40H2,1-2H3,(H,57,58)/b7-5+,13-11+,19-17+,22-21+,28-26+,33-31+,37-35+/t41-,44?,45-,46?,47?,48?,49?/m1/s1. The number of rotatable bonds is 37. The normalized spacial score (nSPS) is 22.5. The van der Waals surface area contributed by atoms with Gasteiger partial charge in [-0.2, -0.15) is 0 Å². The van der Waals surface area contributed by atoms with Crippen LogP contribution in [-0.2, 0) is 32.7 Å². The molecule has 0 aromatic rings. The molecule has 0 heterocycles. The first kappa shape index (κ1) is 58.0. The van der Waals surface area contributed by atoms with Crippen LogP contribution in [0.5, 0.6) is 0 Å². The lowest BCUT2D eigenvalue weighted by Crippen LogP contribution is -2.64. The maximum absolute atomic E-state index is 12.8. The second-order valence-electron chi connectivity index (χ2n) is 15.9. The van der Waals surface area contributed by atoms with E-state index in [9.17, 15) is 44.6 Å². The van der Waals surface area contributed by atoms with Gasteiger partial charge >= 0.3 is 19.8 Å². The molecule has 0 spiro atoms. The maximum Gasteiger partial charge on any atom is 0.472 e. The van der Waals surface area contributed by atoms with Crippen molar-refractivity contribution in [3.63, 3.8) is 0 Å². The molecule has 0 amide bonds. The van der Waals surface area contributed by atoms with Gasteiger partial charge in [-0.05, 0) is 64.2 Å². The molecule has 0 bridgehead atoms. The average molecular weight is 909 g/mol. The first-order valence-electron chi connectivity index (χ1n) is 23.4. The molecule has 1 aliphatic rings. The smallest absolute Gasteiger partial charge is 0.458 e. The van der Waals surface area contributed by atoms with Crippen molar-refractivity contribution < 1.29 is 63.1 Å². The second-order valence-corrected chi connectivity index (χ2v) is 17.4. The number of carbonyl (C=O) groups excluding carboxylic acids is 2. The predicted octanol–water partition coefficient (Wildman–Crippen LogP) is 9.28. The van der Waals surface area contributed by atoms with Gasteiger partial charge in [0.05, 0.1) is 6.61 Å². The number of unbranched alkanes of at least 4 members (excludes halogenated alkanes) is 14.